The number of hydrogen-bond donors (Lipinski definition) is 1. The van der Waals surface area contributed by atoms with Gasteiger partial charge >= 0.3 is 0 Å². The Morgan fingerprint density at radius 1 is 1.28 bits per heavy atom. The summed E-state index contributed by atoms with van der Waals surface area (Å²) in [7, 11) is -1.74. The number of carbonyl (C=O) groups is 1. The smallest absolute Gasteiger partial charge is 0.264 e. The highest BCUT2D eigenvalue weighted by atomic mass is 32.2. The maximum absolute atomic E-state index is 12.3. The molecule has 7 heteroatoms. The number of aryl methyl sites for hydroxylation is 1. The molecule has 0 unspecified atom stereocenters. The predicted molar refractivity (Wildman–Crippen MR) is 97.8 cm³/mol. The molecule has 1 N–H and O–H groups in total. The Morgan fingerprint density at radius 3 is 2.80 bits per heavy atom. The van der Waals surface area contributed by atoms with Gasteiger partial charge in [-0.15, -0.1) is 0 Å². The normalized spacial score (nSPS) is 16.2. The van der Waals surface area contributed by atoms with Crippen LogP contribution < -0.4 is 4.72 Å². The molecule has 0 atom stereocenters. The second kappa shape index (κ2) is 7.56. The zero-order chi connectivity index (χ0) is 17.9. The standard InChI is InChI=1S/C18H25N3O3S/c1-21-13-19-16-12-15(9-10-17(16)21)18(22)20-25(23,24)11-5-8-14-6-3-2-4-7-14/h9-10,12-14H,2-8,11H2,1H3,(H,20,22). The van der Waals surface area contributed by atoms with Crippen molar-refractivity contribution in [3.8, 4) is 0 Å². The monoisotopic (exact) mass is 363 g/mol. The van der Waals surface area contributed by atoms with Crippen LogP contribution in [0, 0.1) is 5.92 Å². The average molecular weight is 363 g/mol. The van der Waals surface area contributed by atoms with Gasteiger partial charge in [-0.2, -0.15) is 0 Å². The fraction of sp³-hybridized carbons (Fsp3) is 0.556. The maximum atomic E-state index is 12.3. The summed E-state index contributed by atoms with van der Waals surface area (Å²) < 4.78 is 28.4. The van der Waals surface area contributed by atoms with Crippen molar-refractivity contribution in [1.29, 1.82) is 0 Å². The van der Waals surface area contributed by atoms with E-state index in [0.29, 0.717) is 23.4 Å². The molecular formula is C18H25N3O3S. The van der Waals surface area contributed by atoms with E-state index in [-0.39, 0.29) is 5.75 Å². The summed E-state index contributed by atoms with van der Waals surface area (Å²) in [6.45, 7) is 0. The molecule has 0 aliphatic heterocycles. The number of amides is 1. The van der Waals surface area contributed by atoms with E-state index in [2.05, 4.69) is 9.71 Å². The summed E-state index contributed by atoms with van der Waals surface area (Å²) >= 11 is 0. The molecule has 2 aromatic rings. The number of benzene rings is 1. The lowest BCUT2D eigenvalue weighted by molar-refractivity contribution is 0.0981. The molecule has 136 valence electrons. The van der Waals surface area contributed by atoms with Gasteiger partial charge in [0.05, 0.1) is 23.1 Å². The van der Waals surface area contributed by atoms with E-state index in [1.807, 2.05) is 11.6 Å². The van der Waals surface area contributed by atoms with Gasteiger partial charge in [-0.25, -0.2) is 18.1 Å². The van der Waals surface area contributed by atoms with Crippen LogP contribution in [0.5, 0.6) is 0 Å². The Hall–Kier alpha value is -1.89. The zero-order valence-electron chi connectivity index (χ0n) is 14.6. The lowest BCUT2D eigenvalue weighted by atomic mass is 9.86. The van der Waals surface area contributed by atoms with Gasteiger partial charge in [-0.05, 0) is 37.0 Å². The van der Waals surface area contributed by atoms with Crippen LogP contribution in [-0.2, 0) is 17.1 Å². The summed E-state index contributed by atoms with van der Waals surface area (Å²) in [5.74, 6) is 0.0533. The number of fused-ring (bicyclic) bond motifs is 1. The van der Waals surface area contributed by atoms with Crippen LogP contribution in [0.25, 0.3) is 11.0 Å². The Labute approximate surface area is 148 Å². The fourth-order valence-electron chi connectivity index (χ4n) is 3.57. The number of hydrogen-bond acceptors (Lipinski definition) is 4. The molecule has 1 aliphatic carbocycles. The highest BCUT2D eigenvalue weighted by molar-refractivity contribution is 7.90. The van der Waals surface area contributed by atoms with Crippen LogP contribution >= 0.6 is 0 Å². The van der Waals surface area contributed by atoms with Crippen LogP contribution in [0.15, 0.2) is 24.5 Å². The second-order valence-corrected chi connectivity index (χ2v) is 8.80. The number of imidazole rings is 1. The van der Waals surface area contributed by atoms with E-state index in [1.165, 1.54) is 32.1 Å². The van der Waals surface area contributed by atoms with Gasteiger partial charge < -0.3 is 4.57 Å². The third kappa shape index (κ3) is 4.60. The average Bonchev–Trinajstić information content (AvgIpc) is 2.96. The molecule has 1 aliphatic rings. The van der Waals surface area contributed by atoms with Crippen LogP contribution in [0.2, 0.25) is 0 Å². The van der Waals surface area contributed by atoms with Crippen molar-refractivity contribution in [3.05, 3.63) is 30.1 Å². The molecule has 1 saturated carbocycles. The molecule has 25 heavy (non-hydrogen) atoms. The summed E-state index contributed by atoms with van der Waals surface area (Å²) in [4.78, 5) is 16.4. The molecule has 1 aromatic carbocycles. The van der Waals surface area contributed by atoms with Gasteiger partial charge in [0, 0.05) is 12.6 Å². The first-order valence-electron chi connectivity index (χ1n) is 8.90. The lowest BCUT2D eigenvalue weighted by Gasteiger charge is -2.21. The molecule has 3 rings (SSSR count). The highest BCUT2D eigenvalue weighted by Gasteiger charge is 2.19. The first-order chi connectivity index (χ1) is 11.9. The number of aromatic nitrogens is 2. The summed E-state index contributed by atoms with van der Waals surface area (Å²) in [5.41, 5.74) is 1.87. The van der Waals surface area contributed by atoms with Crippen LogP contribution in [0.3, 0.4) is 0 Å². The number of rotatable bonds is 6. The van der Waals surface area contributed by atoms with Gasteiger partial charge in [0.15, 0.2) is 0 Å². The summed E-state index contributed by atoms with van der Waals surface area (Å²) in [6.07, 6.45) is 9.41. The van der Waals surface area contributed by atoms with E-state index >= 15 is 0 Å². The predicted octanol–water partition coefficient (Wildman–Crippen LogP) is 2.99. The third-order valence-corrected chi connectivity index (χ3v) is 6.31. The van der Waals surface area contributed by atoms with Crippen molar-refractivity contribution < 1.29 is 13.2 Å². The molecule has 1 amide bonds. The Kier molecular flexibility index (Phi) is 5.42. The molecule has 0 spiro atoms. The van der Waals surface area contributed by atoms with E-state index < -0.39 is 15.9 Å². The topological polar surface area (TPSA) is 81.1 Å². The fourth-order valence-corrected chi connectivity index (χ4v) is 4.62. The molecule has 1 fully saturated rings. The molecule has 1 heterocycles. The van der Waals surface area contributed by atoms with Crippen molar-refractivity contribution in [3.63, 3.8) is 0 Å². The van der Waals surface area contributed by atoms with E-state index in [1.54, 1.807) is 24.5 Å². The number of nitrogens with one attached hydrogen (secondary N) is 1. The molecule has 0 bridgehead atoms. The van der Waals surface area contributed by atoms with Gasteiger partial charge in [0.1, 0.15) is 0 Å². The highest BCUT2D eigenvalue weighted by Crippen LogP contribution is 2.27. The lowest BCUT2D eigenvalue weighted by Crippen LogP contribution is -2.32. The van der Waals surface area contributed by atoms with E-state index in [4.69, 9.17) is 0 Å². The number of nitrogens with zero attached hydrogens (tertiary/aromatic N) is 2. The second-order valence-electron chi connectivity index (χ2n) is 6.96. The molecule has 0 saturated heterocycles. The van der Waals surface area contributed by atoms with Crippen LogP contribution in [0.4, 0.5) is 0 Å². The van der Waals surface area contributed by atoms with Gasteiger partial charge in [0.25, 0.3) is 5.91 Å². The molecular weight excluding hydrogens is 338 g/mol. The van der Waals surface area contributed by atoms with E-state index in [9.17, 15) is 13.2 Å². The number of carbonyl (C=O) groups excluding carboxylic acids is 1. The summed E-state index contributed by atoms with van der Waals surface area (Å²) in [5, 5.41) is 0. The number of sulfonamides is 1. The molecule has 0 radical (unpaired) electrons. The van der Waals surface area contributed by atoms with Crippen molar-refractivity contribution in [2.75, 3.05) is 5.75 Å². The largest absolute Gasteiger partial charge is 0.334 e. The van der Waals surface area contributed by atoms with Crippen LogP contribution in [-0.4, -0.2) is 29.6 Å². The van der Waals surface area contributed by atoms with Gasteiger partial charge in [-0.1, -0.05) is 32.1 Å². The van der Waals surface area contributed by atoms with Crippen molar-refractivity contribution in [2.24, 2.45) is 13.0 Å². The maximum Gasteiger partial charge on any atom is 0.264 e. The quantitative estimate of drug-likeness (QED) is 0.855. The zero-order valence-corrected chi connectivity index (χ0v) is 15.4. The minimum absolute atomic E-state index is 0.00106. The molecule has 6 nitrogen and oxygen atoms in total. The molecule has 1 aromatic heterocycles. The van der Waals surface area contributed by atoms with Crippen molar-refractivity contribution in [2.45, 2.75) is 44.9 Å². The first kappa shape index (κ1) is 17.9. The Balaban J connectivity index is 1.56. The van der Waals surface area contributed by atoms with Gasteiger partial charge in [0.2, 0.25) is 10.0 Å². The van der Waals surface area contributed by atoms with Gasteiger partial charge in [-0.3, -0.25) is 4.79 Å². The summed E-state index contributed by atoms with van der Waals surface area (Å²) in [6, 6.07) is 5.01. The SMILES string of the molecule is Cn1cnc2cc(C(=O)NS(=O)(=O)CCCC3CCCCC3)ccc21. The Morgan fingerprint density at radius 2 is 2.04 bits per heavy atom. The van der Waals surface area contributed by atoms with Crippen LogP contribution in [0.1, 0.15) is 55.3 Å². The van der Waals surface area contributed by atoms with E-state index in [0.717, 1.165) is 11.9 Å². The van der Waals surface area contributed by atoms with Crippen molar-refractivity contribution in [1.82, 2.24) is 14.3 Å². The minimum atomic E-state index is -3.60. The minimum Gasteiger partial charge on any atom is -0.334 e. The Bertz CT molecular complexity index is 852. The third-order valence-electron chi connectivity index (χ3n) is 4.99. The first-order valence-corrected chi connectivity index (χ1v) is 10.6. The van der Waals surface area contributed by atoms with Crippen molar-refractivity contribution >= 4 is 27.0 Å².